The molecular weight excluding hydrogens is 258 g/mol. The Morgan fingerprint density at radius 3 is 0.667 bits per heavy atom. The summed E-state index contributed by atoms with van der Waals surface area (Å²) in [4.78, 5) is 0. The molecular formula is H17Cl2N6Rh. The van der Waals surface area contributed by atoms with Crippen LogP contribution in [0.3, 0.4) is 0 Å². The van der Waals surface area contributed by atoms with Crippen molar-refractivity contribution in [1.29, 1.82) is 0 Å². The molecule has 0 aromatic carbocycles. The van der Waals surface area contributed by atoms with Crippen LogP contribution in [-0.2, 0) is 15.1 Å². The van der Waals surface area contributed by atoms with Gasteiger partial charge in [-0.25, -0.2) is 0 Å². The fourth-order valence-corrected chi connectivity index (χ4v) is 0. The Morgan fingerprint density at radius 1 is 0.667 bits per heavy atom. The van der Waals surface area contributed by atoms with Gasteiger partial charge in [0.15, 0.2) is 0 Å². The first-order valence-corrected chi connectivity index (χ1v) is 4.47. The summed E-state index contributed by atoms with van der Waals surface area (Å²) in [5, 5.41) is 0. The predicted molar refractivity (Wildman–Crippen MR) is 42.1 cm³/mol. The van der Waals surface area contributed by atoms with Gasteiger partial charge in [-0.3, -0.25) is 0 Å². The van der Waals surface area contributed by atoms with Crippen LogP contribution in [0.2, 0.25) is 0 Å². The normalized spacial score (nSPS) is 2.44. The maximum absolute atomic E-state index is 4.83. The van der Waals surface area contributed by atoms with E-state index >= 15 is 0 Å². The van der Waals surface area contributed by atoms with Gasteiger partial charge in [-0.15, -0.1) is 0 Å². The number of rotatable bonds is 0. The fraction of sp³-hybridized carbons (Fsp3) is 0. The van der Waals surface area contributed by atoms with Crippen LogP contribution in [0, 0.1) is 0 Å². The Labute approximate surface area is 71.6 Å². The Morgan fingerprint density at radius 2 is 0.667 bits per heavy atom. The topological polar surface area (TPSA) is 208 Å². The third-order valence-corrected chi connectivity index (χ3v) is 0. The number of nitrogens with two attached hydrogens (primary N) is 1. The molecule has 0 radical (unpaired) electrons. The summed E-state index contributed by atoms with van der Waals surface area (Å²) < 4.78 is 0. The van der Waals surface area contributed by atoms with Crippen molar-refractivity contribution in [3.05, 3.63) is 6.15 Å². The summed E-state index contributed by atoms with van der Waals surface area (Å²) >= 11 is -0.226. The molecule has 9 heteroatoms. The van der Waals surface area contributed by atoms with Crippen molar-refractivity contribution >= 4 is 19.4 Å². The minimum Gasteiger partial charge on any atom is -0.693 e. The summed E-state index contributed by atoms with van der Waals surface area (Å²) in [5.74, 6) is 0. The molecule has 0 aliphatic carbocycles. The van der Waals surface area contributed by atoms with E-state index in [1.54, 1.807) is 0 Å². The van der Waals surface area contributed by atoms with Crippen LogP contribution in [0.4, 0.5) is 0 Å². The first-order chi connectivity index (χ1) is 1.41. The van der Waals surface area contributed by atoms with Gasteiger partial charge in [0.25, 0.3) is 0 Å². The Bertz CT molecular complexity index is 11.0. The summed E-state index contributed by atoms with van der Waals surface area (Å²) in [6.45, 7) is 0. The van der Waals surface area contributed by atoms with Crippen molar-refractivity contribution < 1.29 is 15.1 Å². The van der Waals surface area contributed by atoms with Crippen molar-refractivity contribution in [3.8, 4) is 0 Å². The van der Waals surface area contributed by atoms with Gasteiger partial charge in [-0.05, 0) is 0 Å². The number of halogens is 2. The predicted octanol–water partition coefficient (Wildman–Crippen LogP) is 2.90. The minimum absolute atomic E-state index is 0. The first-order valence-electron chi connectivity index (χ1n) is 0.252. The second-order valence-electron chi connectivity index (χ2n) is 0.0476. The molecule has 6 nitrogen and oxygen atoms in total. The molecule has 9 heavy (non-hydrogen) atoms. The molecule has 0 bridgehead atoms. The quantitative estimate of drug-likeness (QED) is 0.420. The zero-order valence-corrected chi connectivity index (χ0v) is 8.35. The zero-order valence-electron chi connectivity index (χ0n) is 5.20. The van der Waals surface area contributed by atoms with Crippen molar-refractivity contribution in [2.24, 2.45) is 0 Å². The van der Waals surface area contributed by atoms with E-state index < -0.39 is 0 Å². The SMILES string of the molecule is N.N.N.N.N.[Cl][Rh+][Cl].[NH2-]. The fourth-order valence-electron chi connectivity index (χ4n) is 0. The monoisotopic (exact) mass is 274 g/mol. The van der Waals surface area contributed by atoms with Crippen molar-refractivity contribution in [3.63, 3.8) is 0 Å². The first kappa shape index (κ1) is 91.2. The number of hydrogen-bond acceptors (Lipinski definition) is 5. The second kappa shape index (κ2) is 147. The molecule has 0 saturated carbocycles. The van der Waals surface area contributed by atoms with Gasteiger partial charge in [0, 0.05) is 0 Å². The second-order valence-corrected chi connectivity index (χ2v) is 2.54. The summed E-state index contributed by atoms with van der Waals surface area (Å²) in [7, 11) is 9.67. The summed E-state index contributed by atoms with van der Waals surface area (Å²) in [5.41, 5.74) is 0. The molecule has 0 spiro atoms. The van der Waals surface area contributed by atoms with E-state index in [0.717, 1.165) is 0 Å². The van der Waals surface area contributed by atoms with E-state index in [0.29, 0.717) is 0 Å². The smallest absolute Gasteiger partial charge is 0.693 e. The Kier molecular flexibility index (Phi) is 1490. The van der Waals surface area contributed by atoms with Crippen LogP contribution >= 0.6 is 19.4 Å². The van der Waals surface area contributed by atoms with Crippen LogP contribution in [0.5, 0.6) is 0 Å². The van der Waals surface area contributed by atoms with Crippen LogP contribution in [-0.4, -0.2) is 0 Å². The van der Waals surface area contributed by atoms with Gasteiger partial charge in [-0.1, -0.05) is 0 Å². The van der Waals surface area contributed by atoms with Crippen molar-refractivity contribution in [2.45, 2.75) is 0 Å². The average molecular weight is 275 g/mol. The van der Waals surface area contributed by atoms with E-state index in [1.165, 1.54) is 0 Å². The molecule has 0 amide bonds. The van der Waals surface area contributed by atoms with E-state index in [-0.39, 0.29) is 52.0 Å². The molecule has 0 unspecified atom stereocenters. The molecule has 17 N–H and O–H groups in total. The molecule has 0 saturated heterocycles. The van der Waals surface area contributed by atoms with E-state index in [1.807, 2.05) is 0 Å². The van der Waals surface area contributed by atoms with E-state index in [4.69, 9.17) is 19.4 Å². The molecule has 0 aliphatic rings. The third-order valence-electron chi connectivity index (χ3n) is 0. The van der Waals surface area contributed by atoms with Gasteiger partial charge >= 0.3 is 34.5 Å². The van der Waals surface area contributed by atoms with E-state index in [9.17, 15) is 0 Å². The molecule has 0 aliphatic heterocycles. The maximum atomic E-state index is 4.83. The summed E-state index contributed by atoms with van der Waals surface area (Å²) in [6, 6.07) is 0. The van der Waals surface area contributed by atoms with Crippen LogP contribution in [0.1, 0.15) is 0 Å². The minimum atomic E-state index is -0.226. The Balaban J connectivity index is -0.00000000133. The molecule has 0 rings (SSSR count). The molecule has 70 valence electrons. The van der Waals surface area contributed by atoms with Gasteiger partial charge in [0.2, 0.25) is 0 Å². The average Bonchev–Trinajstić information content (AvgIpc) is 0.918. The van der Waals surface area contributed by atoms with E-state index in [2.05, 4.69) is 0 Å². The number of hydrogen-bond donors (Lipinski definition) is 5. The van der Waals surface area contributed by atoms with Gasteiger partial charge < -0.3 is 36.9 Å². The molecule has 0 fully saturated rings. The Hall–Kier alpha value is 0.963. The van der Waals surface area contributed by atoms with Gasteiger partial charge in [0.1, 0.15) is 0 Å². The van der Waals surface area contributed by atoms with Crippen molar-refractivity contribution in [2.75, 3.05) is 0 Å². The summed E-state index contributed by atoms with van der Waals surface area (Å²) in [6.07, 6.45) is 0. The van der Waals surface area contributed by atoms with Crippen LogP contribution < -0.4 is 30.8 Å². The zero-order chi connectivity index (χ0) is 2.71. The molecule has 0 aromatic rings. The van der Waals surface area contributed by atoms with Crippen LogP contribution in [0.25, 0.3) is 6.15 Å². The van der Waals surface area contributed by atoms with Crippen LogP contribution in [0.15, 0.2) is 0 Å². The van der Waals surface area contributed by atoms with Crippen molar-refractivity contribution in [1.82, 2.24) is 30.8 Å². The standard InChI is InChI=1S/2ClH.5H3N.H2N.Rh/h2*1H;5*1H3;1H2;/q;;;;;;;-1;+3/p-2. The maximum Gasteiger partial charge on any atom is -0.693 e. The van der Waals surface area contributed by atoms with Gasteiger partial charge in [-0.2, -0.15) is 0 Å². The largest absolute Gasteiger partial charge is 0.693 e. The molecule has 0 atom stereocenters. The molecule has 0 heterocycles. The van der Waals surface area contributed by atoms with Gasteiger partial charge in [0.05, 0.1) is 0 Å². The third kappa shape index (κ3) is 468. The molecule has 0 aromatic heterocycles.